The van der Waals surface area contributed by atoms with E-state index in [1.54, 1.807) is 7.11 Å². The molecule has 4 heteroatoms. The normalized spacial score (nSPS) is 10.5. The van der Waals surface area contributed by atoms with Crippen molar-refractivity contribution in [2.45, 2.75) is 20.0 Å². The largest absolute Gasteiger partial charge is 0.496 e. The predicted molar refractivity (Wildman–Crippen MR) is 89.0 cm³/mol. The Morgan fingerprint density at radius 2 is 1.90 bits per heavy atom. The molecule has 3 nitrogen and oxygen atoms in total. The maximum atomic E-state index is 5.89. The van der Waals surface area contributed by atoms with Gasteiger partial charge in [0.25, 0.3) is 0 Å². The van der Waals surface area contributed by atoms with E-state index >= 15 is 0 Å². The van der Waals surface area contributed by atoms with Crippen molar-refractivity contribution in [2.24, 2.45) is 5.73 Å². The van der Waals surface area contributed by atoms with Crippen molar-refractivity contribution in [1.82, 2.24) is 0 Å². The van der Waals surface area contributed by atoms with Gasteiger partial charge in [0.1, 0.15) is 18.1 Å². The number of hydrogen-bond acceptors (Lipinski definition) is 3. The summed E-state index contributed by atoms with van der Waals surface area (Å²) in [7, 11) is 1.67. The van der Waals surface area contributed by atoms with Crippen LogP contribution in [-0.4, -0.2) is 13.7 Å². The highest BCUT2D eigenvalue weighted by Gasteiger charge is 2.06. The lowest BCUT2D eigenvalue weighted by molar-refractivity contribution is 0.296. The van der Waals surface area contributed by atoms with Crippen LogP contribution >= 0.6 is 15.9 Å². The highest BCUT2D eigenvalue weighted by Crippen LogP contribution is 2.25. The highest BCUT2D eigenvalue weighted by molar-refractivity contribution is 9.10. The van der Waals surface area contributed by atoms with E-state index in [9.17, 15) is 0 Å². The van der Waals surface area contributed by atoms with Gasteiger partial charge in [-0.25, -0.2) is 0 Å². The number of halogens is 1. The third-order valence-corrected chi connectivity index (χ3v) is 4.03. The minimum atomic E-state index is 0.481. The van der Waals surface area contributed by atoms with Crippen molar-refractivity contribution in [1.29, 1.82) is 0 Å². The molecule has 0 heterocycles. The van der Waals surface area contributed by atoms with Crippen LogP contribution < -0.4 is 15.2 Å². The van der Waals surface area contributed by atoms with Gasteiger partial charge in [0.2, 0.25) is 0 Å². The first-order valence-corrected chi connectivity index (χ1v) is 7.68. The van der Waals surface area contributed by atoms with Crippen molar-refractivity contribution in [2.75, 3.05) is 13.7 Å². The summed E-state index contributed by atoms with van der Waals surface area (Å²) in [5, 5.41) is 0. The molecule has 2 aromatic carbocycles. The zero-order valence-electron chi connectivity index (χ0n) is 12.4. The Kier molecular flexibility index (Phi) is 5.65. The Hall–Kier alpha value is -1.52. The maximum Gasteiger partial charge on any atom is 0.125 e. The fourth-order valence-corrected chi connectivity index (χ4v) is 2.61. The second-order valence-electron chi connectivity index (χ2n) is 4.90. The number of ether oxygens (including phenoxy) is 2. The van der Waals surface area contributed by atoms with Crippen LogP contribution in [0.15, 0.2) is 40.9 Å². The van der Waals surface area contributed by atoms with Crippen molar-refractivity contribution in [3.05, 3.63) is 57.6 Å². The van der Waals surface area contributed by atoms with E-state index in [0.717, 1.165) is 33.5 Å². The van der Waals surface area contributed by atoms with E-state index in [0.29, 0.717) is 13.2 Å². The predicted octanol–water partition coefficient (Wildman–Crippen LogP) is 3.85. The second kappa shape index (κ2) is 7.48. The number of benzene rings is 2. The lowest BCUT2D eigenvalue weighted by Crippen LogP contribution is -2.04. The van der Waals surface area contributed by atoms with Crippen LogP contribution in [0.25, 0.3) is 0 Å². The van der Waals surface area contributed by atoms with Crippen molar-refractivity contribution >= 4 is 15.9 Å². The molecule has 0 aromatic heterocycles. The molecule has 21 heavy (non-hydrogen) atoms. The third-order valence-electron chi connectivity index (χ3n) is 3.26. The second-order valence-corrected chi connectivity index (χ2v) is 5.75. The summed E-state index contributed by atoms with van der Waals surface area (Å²) >= 11 is 3.53. The lowest BCUT2D eigenvalue weighted by Gasteiger charge is -2.12. The van der Waals surface area contributed by atoms with E-state index in [1.807, 2.05) is 30.3 Å². The van der Waals surface area contributed by atoms with Crippen molar-refractivity contribution in [3.8, 4) is 11.5 Å². The molecular weight excluding hydrogens is 330 g/mol. The number of methoxy groups -OCH3 is 1. The fourth-order valence-electron chi connectivity index (χ4n) is 2.17. The summed E-state index contributed by atoms with van der Waals surface area (Å²) in [6.07, 6.45) is 0.825. The number of nitrogens with two attached hydrogens (primary N) is 1. The Morgan fingerprint density at radius 1 is 1.10 bits per heavy atom. The lowest BCUT2D eigenvalue weighted by atomic mass is 10.1. The van der Waals surface area contributed by atoms with Gasteiger partial charge in [-0.2, -0.15) is 0 Å². The third kappa shape index (κ3) is 4.22. The Balaban J connectivity index is 2.13. The zero-order valence-corrected chi connectivity index (χ0v) is 13.9. The molecule has 0 bridgehead atoms. The summed E-state index contributed by atoms with van der Waals surface area (Å²) in [4.78, 5) is 0. The molecule has 0 amide bonds. The molecule has 0 saturated carbocycles. The number of rotatable bonds is 6. The van der Waals surface area contributed by atoms with E-state index < -0.39 is 0 Å². The molecule has 2 aromatic rings. The quantitative estimate of drug-likeness (QED) is 0.861. The van der Waals surface area contributed by atoms with Gasteiger partial charge in [0.15, 0.2) is 0 Å². The number of hydrogen-bond donors (Lipinski definition) is 1. The van der Waals surface area contributed by atoms with Crippen LogP contribution in [-0.2, 0) is 13.0 Å². The molecule has 0 saturated heterocycles. The summed E-state index contributed by atoms with van der Waals surface area (Å²) in [6, 6.07) is 12.1. The Bertz CT molecular complexity index is 614. The van der Waals surface area contributed by atoms with E-state index in [2.05, 4.69) is 28.9 Å². The molecule has 2 N–H and O–H groups in total. The molecule has 0 aliphatic heterocycles. The van der Waals surface area contributed by atoms with Crippen molar-refractivity contribution in [3.63, 3.8) is 0 Å². The van der Waals surface area contributed by atoms with Crippen LogP contribution in [0.1, 0.15) is 16.7 Å². The van der Waals surface area contributed by atoms with Gasteiger partial charge in [-0.3, -0.25) is 0 Å². The monoisotopic (exact) mass is 349 g/mol. The molecule has 0 aliphatic carbocycles. The van der Waals surface area contributed by atoms with Gasteiger partial charge >= 0.3 is 0 Å². The highest BCUT2D eigenvalue weighted by atomic mass is 79.9. The molecule has 0 radical (unpaired) electrons. The fraction of sp³-hybridized carbons (Fsp3) is 0.294. The molecule has 0 unspecified atom stereocenters. The van der Waals surface area contributed by atoms with Crippen molar-refractivity contribution < 1.29 is 9.47 Å². The SMILES string of the molecule is COc1ccc(C)cc1COc1ccc(Br)c(CCN)c1. The first-order valence-electron chi connectivity index (χ1n) is 6.89. The maximum absolute atomic E-state index is 5.89. The first-order chi connectivity index (χ1) is 10.1. The van der Waals surface area contributed by atoms with Crippen LogP contribution in [0.4, 0.5) is 0 Å². The van der Waals surface area contributed by atoms with Crippen LogP contribution in [0.5, 0.6) is 11.5 Å². The first kappa shape index (κ1) is 15.9. The van der Waals surface area contributed by atoms with Crippen LogP contribution in [0.2, 0.25) is 0 Å². The van der Waals surface area contributed by atoms with Gasteiger partial charge in [-0.15, -0.1) is 0 Å². The molecule has 0 spiro atoms. The minimum Gasteiger partial charge on any atom is -0.496 e. The van der Waals surface area contributed by atoms with Gasteiger partial charge in [-0.1, -0.05) is 27.6 Å². The summed E-state index contributed by atoms with van der Waals surface area (Å²) in [6.45, 7) is 3.16. The standard InChI is InChI=1S/C17H20BrNO2/c1-12-3-6-17(20-2)14(9-12)11-21-15-4-5-16(18)13(10-15)7-8-19/h3-6,9-10H,7-8,11,19H2,1-2H3. The van der Waals surface area contributed by atoms with Gasteiger partial charge in [-0.05, 0) is 55.8 Å². The Labute approximate surface area is 134 Å². The molecule has 0 fully saturated rings. The summed E-state index contributed by atoms with van der Waals surface area (Å²) in [5.74, 6) is 1.69. The molecule has 0 aliphatic rings. The average molecular weight is 350 g/mol. The molecule has 112 valence electrons. The van der Waals surface area contributed by atoms with E-state index in [1.165, 1.54) is 5.56 Å². The number of aryl methyl sites for hydroxylation is 1. The zero-order chi connectivity index (χ0) is 15.2. The smallest absolute Gasteiger partial charge is 0.125 e. The molecular formula is C17H20BrNO2. The average Bonchev–Trinajstić information content (AvgIpc) is 2.48. The Morgan fingerprint density at radius 3 is 2.62 bits per heavy atom. The molecule has 2 rings (SSSR count). The van der Waals surface area contributed by atoms with Gasteiger partial charge in [0, 0.05) is 10.0 Å². The van der Waals surface area contributed by atoms with E-state index in [4.69, 9.17) is 15.2 Å². The van der Waals surface area contributed by atoms with Gasteiger partial charge in [0.05, 0.1) is 7.11 Å². The van der Waals surface area contributed by atoms with Crippen LogP contribution in [0.3, 0.4) is 0 Å². The summed E-state index contributed by atoms with van der Waals surface area (Å²) in [5.41, 5.74) is 9.01. The molecule has 0 atom stereocenters. The summed E-state index contributed by atoms with van der Waals surface area (Å²) < 4.78 is 12.3. The van der Waals surface area contributed by atoms with Gasteiger partial charge < -0.3 is 15.2 Å². The van der Waals surface area contributed by atoms with E-state index in [-0.39, 0.29) is 0 Å². The minimum absolute atomic E-state index is 0.481. The van der Waals surface area contributed by atoms with Crippen LogP contribution in [0, 0.1) is 6.92 Å². The topological polar surface area (TPSA) is 44.5 Å².